The third kappa shape index (κ3) is 5.78. The number of halogens is 3. The maximum Gasteiger partial charge on any atom is 0.255 e. The SMILES string of the molecule is CC(C)(C)SNC(c1c(O)cc(Cl)c(Cl)c1F)C1CCN(C(=O)c2ccc(=O)[nH]c2)CC1. The van der Waals surface area contributed by atoms with Crippen molar-refractivity contribution in [2.24, 2.45) is 5.92 Å². The molecular formula is C22H26Cl2FN3O3S. The number of aromatic nitrogens is 1. The number of phenolic OH excluding ortho intramolecular Hbond substituents is 1. The number of hydrogen-bond acceptors (Lipinski definition) is 5. The number of benzene rings is 1. The highest BCUT2D eigenvalue weighted by Gasteiger charge is 2.34. The smallest absolute Gasteiger partial charge is 0.255 e. The highest BCUT2D eigenvalue weighted by Crippen LogP contribution is 2.43. The van der Waals surface area contributed by atoms with Gasteiger partial charge in [-0.25, -0.2) is 4.39 Å². The maximum absolute atomic E-state index is 15.1. The Balaban J connectivity index is 1.81. The predicted molar refractivity (Wildman–Crippen MR) is 127 cm³/mol. The number of amides is 1. The molecule has 0 bridgehead atoms. The van der Waals surface area contributed by atoms with Gasteiger partial charge in [0.2, 0.25) is 5.56 Å². The van der Waals surface area contributed by atoms with Crippen LogP contribution in [0.3, 0.4) is 0 Å². The Labute approximate surface area is 200 Å². The van der Waals surface area contributed by atoms with Crippen LogP contribution in [0.15, 0.2) is 29.2 Å². The quantitative estimate of drug-likeness (QED) is 0.389. The molecule has 1 saturated heterocycles. The van der Waals surface area contributed by atoms with E-state index < -0.39 is 11.9 Å². The van der Waals surface area contributed by atoms with E-state index in [4.69, 9.17) is 23.2 Å². The van der Waals surface area contributed by atoms with Gasteiger partial charge in [0.1, 0.15) is 5.75 Å². The van der Waals surface area contributed by atoms with Gasteiger partial charge >= 0.3 is 0 Å². The van der Waals surface area contributed by atoms with Crippen molar-refractivity contribution in [2.75, 3.05) is 13.1 Å². The van der Waals surface area contributed by atoms with Crippen molar-refractivity contribution >= 4 is 41.1 Å². The fourth-order valence-corrected chi connectivity index (χ4v) is 4.82. The zero-order valence-electron chi connectivity index (χ0n) is 18.0. The molecule has 2 aromatic rings. The van der Waals surface area contributed by atoms with Gasteiger partial charge in [0.15, 0.2) is 5.82 Å². The van der Waals surface area contributed by atoms with Crippen LogP contribution in [-0.4, -0.2) is 38.7 Å². The number of nitrogens with one attached hydrogen (secondary N) is 2. The Morgan fingerprint density at radius 3 is 2.53 bits per heavy atom. The molecule has 0 radical (unpaired) electrons. The van der Waals surface area contributed by atoms with Gasteiger partial charge in [0.05, 0.1) is 21.7 Å². The van der Waals surface area contributed by atoms with E-state index in [1.165, 1.54) is 36.3 Å². The van der Waals surface area contributed by atoms with Crippen LogP contribution in [0.5, 0.6) is 5.75 Å². The van der Waals surface area contributed by atoms with E-state index >= 15 is 4.39 Å². The van der Waals surface area contributed by atoms with Gasteiger partial charge in [-0.1, -0.05) is 35.1 Å². The van der Waals surface area contributed by atoms with E-state index in [1.807, 2.05) is 20.8 Å². The molecule has 1 fully saturated rings. The first-order valence-electron chi connectivity index (χ1n) is 10.3. The normalized spacial score (nSPS) is 16.2. The van der Waals surface area contributed by atoms with E-state index in [-0.39, 0.29) is 43.5 Å². The number of aromatic amines is 1. The summed E-state index contributed by atoms with van der Waals surface area (Å²) in [6.07, 6.45) is 2.59. The first-order valence-corrected chi connectivity index (χ1v) is 11.8. The van der Waals surface area contributed by atoms with Gasteiger partial charge in [-0.15, -0.1) is 0 Å². The number of aromatic hydroxyl groups is 1. The van der Waals surface area contributed by atoms with Gasteiger partial charge in [0, 0.05) is 41.7 Å². The number of nitrogens with zero attached hydrogens (tertiary/aromatic N) is 1. The van der Waals surface area contributed by atoms with E-state index in [2.05, 4.69) is 9.71 Å². The van der Waals surface area contributed by atoms with Crippen LogP contribution >= 0.6 is 35.1 Å². The van der Waals surface area contributed by atoms with Crippen molar-refractivity contribution < 1.29 is 14.3 Å². The third-order valence-electron chi connectivity index (χ3n) is 5.31. The number of carbonyl (C=O) groups is 1. The van der Waals surface area contributed by atoms with Crippen molar-refractivity contribution in [3.8, 4) is 5.75 Å². The van der Waals surface area contributed by atoms with E-state index in [9.17, 15) is 14.7 Å². The van der Waals surface area contributed by atoms with Gasteiger partial charge in [-0.05, 0) is 45.6 Å². The van der Waals surface area contributed by atoms with Crippen LogP contribution in [0.4, 0.5) is 4.39 Å². The number of phenols is 1. The van der Waals surface area contributed by atoms with Crippen LogP contribution < -0.4 is 10.3 Å². The Bertz CT molecular complexity index is 1030. The Kier molecular flexibility index (Phi) is 7.81. The molecule has 10 heteroatoms. The molecule has 1 aliphatic heterocycles. The Morgan fingerprint density at radius 1 is 1.31 bits per heavy atom. The van der Waals surface area contributed by atoms with Crippen LogP contribution in [-0.2, 0) is 0 Å². The summed E-state index contributed by atoms with van der Waals surface area (Å²) in [7, 11) is 0. The zero-order valence-corrected chi connectivity index (χ0v) is 20.4. The van der Waals surface area contributed by atoms with Gasteiger partial charge in [-0.2, -0.15) is 0 Å². The molecule has 0 saturated carbocycles. The van der Waals surface area contributed by atoms with Gasteiger partial charge < -0.3 is 15.0 Å². The topological polar surface area (TPSA) is 85.4 Å². The number of H-pyrrole nitrogens is 1. The van der Waals surface area contributed by atoms with Crippen LogP contribution in [0, 0.1) is 11.7 Å². The van der Waals surface area contributed by atoms with E-state index in [1.54, 1.807) is 4.90 Å². The monoisotopic (exact) mass is 501 g/mol. The highest BCUT2D eigenvalue weighted by atomic mass is 35.5. The minimum absolute atomic E-state index is 0.0473. The van der Waals surface area contributed by atoms with Crippen molar-refractivity contribution in [3.63, 3.8) is 0 Å². The summed E-state index contributed by atoms with van der Waals surface area (Å²) in [6, 6.07) is 3.55. The van der Waals surface area contributed by atoms with Crippen LogP contribution in [0.2, 0.25) is 10.0 Å². The molecule has 32 heavy (non-hydrogen) atoms. The number of piperidine rings is 1. The summed E-state index contributed by atoms with van der Waals surface area (Å²) in [5.41, 5.74) is 0.227. The number of pyridine rings is 1. The zero-order chi connectivity index (χ0) is 23.6. The number of hydrogen-bond donors (Lipinski definition) is 3. The molecule has 0 aliphatic carbocycles. The molecule has 3 rings (SSSR count). The average Bonchev–Trinajstić information content (AvgIpc) is 2.74. The summed E-state index contributed by atoms with van der Waals surface area (Å²) >= 11 is 13.4. The lowest BCUT2D eigenvalue weighted by Gasteiger charge is -2.37. The van der Waals surface area contributed by atoms with Crippen molar-refractivity contribution in [3.05, 3.63) is 61.7 Å². The molecule has 1 aromatic heterocycles. The molecule has 1 amide bonds. The largest absolute Gasteiger partial charge is 0.507 e. The molecule has 6 nitrogen and oxygen atoms in total. The molecule has 2 heterocycles. The summed E-state index contributed by atoms with van der Waals surface area (Å²) in [5, 5.41) is 10.2. The second-order valence-electron chi connectivity index (χ2n) is 8.80. The lowest BCUT2D eigenvalue weighted by molar-refractivity contribution is 0.0673. The Hall–Kier alpha value is -1.74. The fourth-order valence-electron chi connectivity index (χ4n) is 3.69. The first-order chi connectivity index (χ1) is 15.0. The summed E-state index contributed by atoms with van der Waals surface area (Å²) in [6.45, 7) is 7.00. The molecule has 1 unspecified atom stereocenters. The van der Waals surface area contributed by atoms with E-state index in [0.717, 1.165) is 0 Å². The number of carbonyl (C=O) groups excluding carboxylic acids is 1. The number of rotatable bonds is 5. The Morgan fingerprint density at radius 2 is 1.97 bits per heavy atom. The standard InChI is InChI=1S/C22H26Cl2FN3O3S/c1-22(2,3)32-27-20(17-15(29)10-14(23)18(24)19(17)25)12-6-8-28(9-7-12)21(31)13-4-5-16(30)26-11-13/h4-5,10-12,20,27,29H,6-9H2,1-3H3,(H,26,30). The third-order valence-corrected chi connectivity index (χ3v) is 7.06. The van der Waals surface area contributed by atoms with Crippen LogP contribution in [0.1, 0.15) is 55.6 Å². The van der Waals surface area contributed by atoms with Crippen LogP contribution in [0.25, 0.3) is 0 Å². The molecule has 1 atom stereocenters. The molecule has 3 N–H and O–H groups in total. The average molecular weight is 502 g/mol. The maximum atomic E-state index is 15.1. The molecule has 174 valence electrons. The van der Waals surface area contributed by atoms with Crippen molar-refractivity contribution in [2.45, 2.75) is 44.4 Å². The second kappa shape index (κ2) is 10.0. The van der Waals surface area contributed by atoms with Gasteiger partial charge in [0.25, 0.3) is 5.91 Å². The second-order valence-corrected chi connectivity index (χ2v) is 11.3. The lowest BCUT2D eigenvalue weighted by atomic mass is 9.85. The molecule has 1 aromatic carbocycles. The lowest BCUT2D eigenvalue weighted by Crippen LogP contribution is -2.42. The summed E-state index contributed by atoms with van der Waals surface area (Å²) in [5.74, 6) is -1.22. The minimum Gasteiger partial charge on any atom is -0.507 e. The molecular weight excluding hydrogens is 476 g/mol. The fraction of sp³-hybridized carbons (Fsp3) is 0.455. The first kappa shape index (κ1) is 24.9. The van der Waals surface area contributed by atoms with Crippen molar-refractivity contribution in [1.82, 2.24) is 14.6 Å². The summed E-state index contributed by atoms with van der Waals surface area (Å²) in [4.78, 5) is 28.2. The minimum atomic E-state index is -0.740. The highest BCUT2D eigenvalue weighted by molar-refractivity contribution is 7.98. The molecule has 1 aliphatic rings. The summed E-state index contributed by atoms with van der Waals surface area (Å²) < 4.78 is 18.3. The van der Waals surface area contributed by atoms with Gasteiger partial charge in [-0.3, -0.25) is 14.3 Å². The number of likely N-dealkylation sites (tertiary alicyclic amines) is 1. The predicted octanol–water partition coefficient (Wildman–Crippen LogP) is 5.16. The van der Waals surface area contributed by atoms with E-state index in [0.29, 0.717) is 31.5 Å². The van der Waals surface area contributed by atoms with Crippen molar-refractivity contribution in [1.29, 1.82) is 0 Å². The molecule has 0 spiro atoms.